The van der Waals surface area contributed by atoms with Crippen molar-refractivity contribution in [1.29, 1.82) is 0 Å². The molecule has 1 fully saturated rings. The fourth-order valence-corrected chi connectivity index (χ4v) is 4.72. The number of sulfonamides is 1. The molecular weight excluding hydrogens is 454 g/mol. The zero-order valence-corrected chi connectivity index (χ0v) is 18.4. The topological polar surface area (TPSA) is 70.7 Å². The maximum atomic E-state index is 12.9. The molecule has 0 radical (unpaired) electrons. The first-order valence-electron chi connectivity index (χ1n) is 8.33. The Hall–Kier alpha value is -1.48. The first kappa shape index (κ1) is 21.8. The molecular formula is C18H23BrClN3O3S. The minimum Gasteiger partial charge on any atom is -0.495 e. The van der Waals surface area contributed by atoms with Gasteiger partial charge in [0.15, 0.2) is 0 Å². The lowest BCUT2D eigenvalue weighted by molar-refractivity contribution is 0.412. The minimum absolute atomic E-state index is 0. The molecule has 2 aromatic carbocycles. The number of methoxy groups -OCH3 is 1. The molecule has 27 heavy (non-hydrogen) atoms. The van der Waals surface area contributed by atoms with Gasteiger partial charge in [-0.15, -0.1) is 12.4 Å². The van der Waals surface area contributed by atoms with E-state index in [1.54, 1.807) is 31.4 Å². The van der Waals surface area contributed by atoms with Crippen molar-refractivity contribution < 1.29 is 13.2 Å². The van der Waals surface area contributed by atoms with Gasteiger partial charge in [-0.2, -0.15) is 0 Å². The third-order valence-corrected chi connectivity index (χ3v) is 6.31. The standard InChI is InChI=1S/C18H22BrN3O3S.ClH/c1-13-3-5-16(15(19)11-13)21-26(23,24)14-4-6-18(25-2)17(12-14)22-9-7-20-8-10-22;/h3-6,11-12,20-21H,7-10H2,1-2H3;1H. The van der Waals surface area contributed by atoms with Crippen LogP contribution in [0.5, 0.6) is 5.75 Å². The summed E-state index contributed by atoms with van der Waals surface area (Å²) >= 11 is 3.41. The molecule has 148 valence electrons. The number of hydrogen-bond donors (Lipinski definition) is 2. The van der Waals surface area contributed by atoms with Crippen molar-refractivity contribution in [3.63, 3.8) is 0 Å². The normalized spacial score (nSPS) is 14.4. The highest BCUT2D eigenvalue weighted by Crippen LogP contribution is 2.33. The van der Waals surface area contributed by atoms with Crippen LogP contribution in [0.1, 0.15) is 5.56 Å². The minimum atomic E-state index is -3.71. The molecule has 0 aliphatic carbocycles. The van der Waals surface area contributed by atoms with Gasteiger partial charge in [-0.1, -0.05) is 6.07 Å². The summed E-state index contributed by atoms with van der Waals surface area (Å²) in [5.41, 5.74) is 2.35. The summed E-state index contributed by atoms with van der Waals surface area (Å²) in [4.78, 5) is 2.34. The van der Waals surface area contributed by atoms with Crippen molar-refractivity contribution in [3.8, 4) is 5.75 Å². The maximum absolute atomic E-state index is 12.9. The van der Waals surface area contributed by atoms with Gasteiger partial charge >= 0.3 is 0 Å². The predicted octanol–water partition coefficient (Wildman–Crippen LogP) is 3.40. The Morgan fingerprint density at radius 3 is 2.48 bits per heavy atom. The summed E-state index contributed by atoms with van der Waals surface area (Å²) in [6.45, 7) is 5.27. The van der Waals surface area contributed by atoms with E-state index < -0.39 is 10.0 Å². The lowest BCUT2D eigenvalue weighted by Crippen LogP contribution is -2.43. The van der Waals surface area contributed by atoms with E-state index in [-0.39, 0.29) is 17.3 Å². The summed E-state index contributed by atoms with van der Waals surface area (Å²) in [7, 11) is -2.12. The molecule has 0 spiro atoms. The third-order valence-electron chi connectivity index (χ3n) is 4.29. The lowest BCUT2D eigenvalue weighted by Gasteiger charge is -2.30. The maximum Gasteiger partial charge on any atom is 0.262 e. The number of ether oxygens (including phenoxy) is 1. The Morgan fingerprint density at radius 2 is 1.85 bits per heavy atom. The molecule has 6 nitrogen and oxygen atoms in total. The van der Waals surface area contributed by atoms with Crippen LogP contribution in [0.25, 0.3) is 0 Å². The summed E-state index contributed by atoms with van der Waals surface area (Å²) in [5, 5.41) is 3.29. The SMILES string of the molecule is COc1ccc(S(=O)(=O)Nc2ccc(C)cc2Br)cc1N1CCNCC1.Cl. The highest BCUT2D eigenvalue weighted by Gasteiger charge is 2.21. The number of halogens is 2. The van der Waals surface area contributed by atoms with Gasteiger partial charge in [-0.25, -0.2) is 8.42 Å². The smallest absolute Gasteiger partial charge is 0.262 e. The quantitative estimate of drug-likeness (QED) is 0.692. The third kappa shape index (κ3) is 5.07. The number of nitrogens with one attached hydrogen (secondary N) is 2. The van der Waals surface area contributed by atoms with Crippen molar-refractivity contribution >= 4 is 49.7 Å². The Morgan fingerprint density at radius 1 is 1.15 bits per heavy atom. The molecule has 2 N–H and O–H groups in total. The van der Waals surface area contributed by atoms with Gasteiger partial charge in [0.2, 0.25) is 0 Å². The monoisotopic (exact) mass is 475 g/mol. The molecule has 0 saturated carbocycles. The van der Waals surface area contributed by atoms with E-state index >= 15 is 0 Å². The Balaban J connectivity index is 0.00000261. The highest BCUT2D eigenvalue weighted by molar-refractivity contribution is 9.10. The first-order valence-corrected chi connectivity index (χ1v) is 10.6. The van der Waals surface area contributed by atoms with E-state index in [1.807, 2.05) is 19.1 Å². The van der Waals surface area contributed by atoms with Gasteiger partial charge in [0.05, 0.1) is 23.4 Å². The average Bonchev–Trinajstić information content (AvgIpc) is 2.64. The number of nitrogens with zero attached hydrogens (tertiary/aromatic N) is 1. The van der Waals surface area contributed by atoms with Crippen molar-refractivity contribution in [2.45, 2.75) is 11.8 Å². The summed E-state index contributed by atoms with van der Waals surface area (Å²) in [6.07, 6.45) is 0. The number of benzene rings is 2. The summed E-state index contributed by atoms with van der Waals surface area (Å²) in [5.74, 6) is 0.669. The number of anilines is 2. The predicted molar refractivity (Wildman–Crippen MR) is 115 cm³/mol. The van der Waals surface area contributed by atoms with E-state index in [0.717, 1.165) is 37.4 Å². The fourth-order valence-electron chi connectivity index (χ4n) is 2.90. The highest BCUT2D eigenvalue weighted by atomic mass is 79.9. The van der Waals surface area contributed by atoms with Crippen LogP contribution in [0.2, 0.25) is 0 Å². The second-order valence-electron chi connectivity index (χ2n) is 6.16. The van der Waals surface area contributed by atoms with Crippen molar-refractivity contribution in [2.24, 2.45) is 0 Å². The number of piperazine rings is 1. The number of hydrogen-bond acceptors (Lipinski definition) is 5. The number of rotatable bonds is 5. The van der Waals surface area contributed by atoms with Crippen LogP contribution in [-0.4, -0.2) is 41.7 Å². The largest absolute Gasteiger partial charge is 0.495 e. The molecule has 0 aromatic heterocycles. The van der Waals surface area contributed by atoms with Crippen LogP contribution < -0.4 is 19.7 Å². The van der Waals surface area contributed by atoms with Crippen LogP contribution >= 0.6 is 28.3 Å². The van der Waals surface area contributed by atoms with Gasteiger partial charge in [0, 0.05) is 30.7 Å². The van der Waals surface area contributed by atoms with Crippen LogP contribution in [0, 0.1) is 6.92 Å². The molecule has 2 aromatic rings. The summed E-state index contributed by atoms with van der Waals surface area (Å²) in [6, 6.07) is 10.4. The van der Waals surface area contributed by atoms with E-state index in [4.69, 9.17) is 4.74 Å². The van der Waals surface area contributed by atoms with Gasteiger partial charge in [0.1, 0.15) is 5.75 Å². The second kappa shape index (κ2) is 9.14. The molecule has 3 rings (SSSR count). The van der Waals surface area contributed by atoms with Crippen LogP contribution in [-0.2, 0) is 10.0 Å². The van der Waals surface area contributed by atoms with E-state index in [2.05, 4.69) is 30.9 Å². The van der Waals surface area contributed by atoms with Gasteiger partial charge in [-0.3, -0.25) is 4.72 Å². The molecule has 0 amide bonds. The van der Waals surface area contributed by atoms with E-state index in [0.29, 0.717) is 15.9 Å². The van der Waals surface area contributed by atoms with Crippen molar-refractivity contribution in [2.75, 3.05) is 42.9 Å². The Labute approximate surface area is 174 Å². The molecule has 0 unspecified atom stereocenters. The van der Waals surface area contributed by atoms with E-state index in [9.17, 15) is 8.42 Å². The fraction of sp³-hybridized carbons (Fsp3) is 0.333. The molecule has 1 saturated heterocycles. The molecule has 1 heterocycles. The molecule has 0 bridgehead atoms. The number of aryl methyl sites for hydroxylation is 1. The zero-order valence-electron chi connectivity index (χ0n) is 15.2. The van der Waals surface area contributed by atoms with Crippen molar-refractivity contribution in [3.05, 3.63) is 46.4 Å². The molecule has 1 aliphatic rings. The molecule has 1 aliphatic heterocycles. The van der Waals surface area contributed by atoms with Gasteiger partial charge in [0.25, 0.3) is 10.0 Å². The van der Waals surface area contributed by atoms with Crippen LogP contribution in [0.4, 0.5) is 11.4 Å². The van der Waals surface area contributed by atoms with Crippen molar-refractivity contribution in [1.82, 2.24) is 5.32 Å². The van der Waals surface area contributed by atoms with Crippen LogP contribution in [0.15, 0.2) is 45.8 Å². The summed E-state index contributed by atoms with van der Waals surface area (Å²) < 4.78 is 34.5. The van der Waals surface area contributed by atoms with Gasteiger partial charge < -0.3 is 15.0 Å². The first-order chi connectivity index (χ1) is 12.4. The molecule has 9 heteroatoms. The Bertz CT molecular complexity index is 903. The Kier molecular flexibility index (Phi) is 7.39. The van der Waals surface area contributed by atoms with Gasteiger partial charge in [-0.05, 0) is 58.7 Å². The second-order valence-corrected chi connectivity index (χ2v) is 8.70. The average molecular weight is 477 g/mol. The lowest BCUT2D eigenvalue weighted by atomic mass is 10.2. The zero-order chi connectivity index (χ0) is 18.7. The molecule has 0 atom stereocenters. The van der Waals surface area contributed by atoms with E-state index in [1.165, 1.54) is 0 Å². The van der Waals surface area contributed by atoms with Crippen LogP contribution in [0.3, 0.4) is 0 Å².